The fourth-order valence-electron chi connectivity index (χ4n) is 0.931. The number of aliphatic hydroxyl groups is 2. The second kappa shape index (κ2) is 4.09. The van der Waals surface area contributed by atoms with E-state index in [9.17, 15) is 5.11 Å². The van der Waals surface area contributed by atoms with E-state index in [1.54, 1.807) is 31.4 Å². The topological polar surface area (TPSA) is 49.7 Å². The highest BCUT2D eigenvalue weighted by Crippen LogP contribution is 2.16. The van der Waals surface area contributed by atoms with E-state index in [1.807, 2.05) is 0 Å². The van der Waals surface area contributed by atoms with Crippen molar-refractivity contribution in [3.63, 3.8) is 0 Å². The zero-order valence-corrected chi connectivity index (χ0v) is 6.90. The smallest absolute Gasteiger partial charge is 0.118 e. The quantitative estimate of drug-likeness (QED) is 0.699. The molecule has 0 radical (unpaired) electrons. The molecular weight excluding hydrogens is 156 g/mol. The third-order valence-corrected chi connectivity index (χ3v) is 1.67. The van der Waals surface area contributed by atoms with Crippen molar-refractivity contribution in [2.75, 3.05) is 13.7 Å². The molecule has 0 heterocycles. The third-order valence-electron chi connectivity index (χ3n) is 1.67. The van der Waals surface area contributed by atoms with Crippen molar-refractivity contribution in [2.24, 2.45) is 0 Å². The molecule has 0 aliphatic carbocycles. The lowest BCUT2D eigenvalue weighted by molar-refractivity contribution is 0.0956. The molecule has 3 nitrogen and oxygen atoms in total. The molecule has 1 atom stereocenters. The summed E-state index contributed by atoms with van der Waals surface area (Å²) in [6.45, 7) is -0.258. The molecule has 3 heteroatoms. The van der Waals surface area contributed by atoms with Gasteiger partial charge in [0, 0.05) is 0 Å². The summed E-state index contributed by atoms with van der Waals surface area (Å²) in [6.07, 6.45) is -0.795. The lowest BCUT2D eigenvalue weighted by Crippen LogP contribution is -2.01. The van der Waals surface area contributed by atoms with Crippen molar-refractivity contribution in [1.29, 1.82) is 0 Å². The van der Waals surface area contributed by atoms with Crippen LogP contribution in [0.25, 0.3) is 0 Å². The van der Waals surface area contributed by atoms with Gasteiger partial charge >= 0.3 is 0 Å². The molecule has 0 bridgehead atoms. The van der Waals surface area contributed by atoms with Crippen LogP contribution < -0.4 is 4.74 Å². The molecule has 0 saturated carbocycles. The fraction of sp³-hybridized carbons (Fsp3) is 0.333. The predicted molar refractivity (Wildman–Crippen MR) is 45.0 cm³/mol. The molecule has 0 saturated heterocycles. The highest BCUT2D eigenvalue weighted by Gasteiger charge is 2.04. The van der Waals surface area contributed by atoms with Crippen molar-refractivity contribution in [2.45, 2.75) is 6.10 Å². The summed E-state index contributed by atoms with van der Waals surface area (Å²) in [7, 11) is 1.58. The molecular formula is C9H12O3. The molecule has 1 aromatic rings. The Labute approximate surface area is 71.2 Å². The van der Waals surface area contributed by atoms with Crippen LogP contribution in [0.2, 0.25) is 0 Å². The SMILES string of the molecule is COc1ccc([C@@H](O)CO)cc1. The molecule has 0 aromatic heterocycles. The van der Waals surface area contributed by atoms with Gasteiger partial charge in [0.15, 0.2) is 0 Å². The molecule has 0 fully saturated rings. The number of methoxy groups -OCH3 is 1. The average Bonchev–Trinajstić information content (AvgIpc) is 2.17. The summed E-state index contributed by atoms with van der Waals surface area (Å²) in [4.78, 5) is 0. The van der Waals surface area contributed by atoms with Crippen molar-refractivity contribution in [3.05, 3.63) is 29.8 Å². The lowest BCUT2D eigenvalue weighted by atomic mass is 10.1. The van der Waals surface area contributed by atoms with E-state index in [0.717, 1.165) is 5.75 Å². The lowest BCUT2D eigenvalue weighted by Gasteiger charge is -2.07. The first kappa shape index (κ1) is 9.03. The second-order valence-electron chi connectivity index (χ2n) is 2.47. The van der Waals surface area contributed by atoms with Gasteiger partial charge in [0.2, 0.25) is 0 Å². The molecule has 0 amide bonds. The van der Waals surface area contributed by atoms with Gasteiger partial charge < -0.3 is 14.9 Å². The van der Waals surface area contributed by atoms with E-state index in [0.29, 0.717) is 5.56 Å². The van der Waals surface area contributed by atoms with Crippen LogP contribution in [0.15, 0.2) is 24.3 Å². The standard InChI is InChI=1S/C9H12O3/c1-12-8-4-2-7(3-5-8)9(11)6-10/h2-5,9-11H,6H2,1H3/t9-/m0/s1. The molecule has 0 aliphatic rings. The summed E-state index contributed by atoms with van der Waals surface area (Å²) < 4.78 is 4.94. The summed E-state index contributed by atoms with van der Waals surface area (Å²) >= 11 is 0. The van der Waals surface area contributed by atoms with E-state index >= 15 is 0 Å². The Hall–Kier alpha value is -1.06. The first-order chi connectivity index (χ1) is 5.77. The predicted octanol–water partition coefficient (Wildman–Crippen LogP) is 0.721. The van der Waals surface area contributed by atoms with E-state index in [4.69, 9.17) is 9.84 Å². The third kappa shape index (κ3) is 1.96. The van der Waals surface area contributed by atoms with Crippen LogP contribution in [0.5, 0.6) is 5.75 Å². The van der Waals surface area contributed by atoms with Crippen molar-refractivity contribution < 1.29 is 14.9 Å². The minimum absolute atomic E-state index is 0.258. The van der Waals surface area contributed by atoms with Gasteiger partial charge in [-0.3, -0.25) is 0 Å². The Morgan fingerprint density at radius 3 is 2.33 bits per heavy atom. The Balaban J connectivity index is 2.77. The first-order valence-corrected chi connectivity index (χ1v) is 3.71. The Kier molecular flexibility index (Phi) is 3.08. The molecule has 1 rings (SSSR count). The van der Waals surface area contributed by atoms with E-state index in [2.05, 4.69) is 0 Å². The van der Waals surface area contributed by atoms with Gasteiger partial charge in [-0.15, -0.1) is 0 Å². The van der Waals surface area contributed by atoms with Gasteiger partial charge in [-0.05, 0) is 17.7 Å². The number of benzene rings is 1. The second-order valence-corrected chi connectivity index (χ2v) is 2.47. The number of rotatable bonds is 3. The number of aliphatic hydroxyl groups excluding tert-OH is 2. The number of hydrogen-bond acceptors (Lipinski definition) is 3. The zero-order valence-electron chi connectivity index (χ0n) is 6.90. The van der Waals surface area contributed by atoms with Crippen molar-refractivity contribution >= 4 is 0 Å². The highest BCUT2D eigenvalue weighted by molar-refractivity contribution is 5.28. The van der Waals surface area contributed by atoms with E-state index in [1.165, 1.54) is 0 Å². The maximum atomic E-state index is 9.20. The van der Waals surface area contributed by atoms with Gasteiger partial charge in [-0.2, -0.15) is 0 Å². The average molecular weight is 168 g/mol. The molecule has 0 unspecified atom stereocenters. The zero-order chi connectivity index (χ0) is 8.97. The van der Waals surface area contributed by atoms with E-state index < -0.39 is 6.10 Å². The van der Waals surface area contributed by atoms with Gasteiger partial charge in [0.25, 0.3) is 0 Å². The van der Waals surface area contributed by atoms with Crippen LogP contribution in [0.1, 0.15) is 11.7 Å². The molecule has 66 valence electrons. The van der Waals surface area contributed by atoms with Gasteiger partial charge in [0.1, 0.15) is 11.9 Å². The largest absolute Gasteiger partial charge is 0.497 e. The Bertz CT molecular complexity index is 230. The van der Waals surface area contributed by atoms with Crippen molar-refractivity contribution in [1.82, 2.24) is 0 Å². The molecule has 1 aromatic carbocycles. The Morgan fingerprint density at radius 2 is 1.92 bits per heavy atom. The van der Waals surface area contributed by atoms with Gasteiger partial charge in [0.05, 0.1) is 13.7 Å². The molecule has 0 spiro atoms. The van der Waals surface area contributed by atoms with Crippen LogP contribution >= 0.6 is 0 Å². The minimum Gasteiger partial charge on any atom is -0.497 e. The fourth-order valence-corrected chi connectivity index (χ4v) is 0.931. The molecule has 12 heavy (non-hydrogen) atoms. The molecule has 2 N–H and O–H groups in total. The maximum absolute atomic E-state index is 9.20. The Morgan fingerprint density at radius 1 is 1.33 bits per heavy atom. The van der Waals surface area contributed by atoms with Crippen molar-refractivity contribution in [3.8, 4) is 5.75 Å². The van der Waals surface area contributed by atoms with Crippen LogP contribution in [-0.2, 0) is 0 Å². The minimum atomic E-state index is -0.795. The van der Waals surface area contributed by atoms with E-state index in [-0.39, 0.29) is 6.61 Å². The van der Waals surface area contributed by atoms with Crippen LogP contribution in [0.4, 0.5) is 0 Å². The first-order valence-electron chi connectivity index (χ1n) is 3.71. The summed E-state index contributed by atoms with van der Waals surface area (Å²) in [5.74, 6) is 0.740. The van der Waals surface area contributed by atoms with Crippen LogP contribution in [0.3, 0.4) is 0 Å². The summed E-state index contributed by atoms with van der Waals surface area (Å²) in [5, 5.41) is 17.8. The highest BCUT2D eigenvalue weighted by atomic mass is 16.5. The van der Waals surface area contributed by atoms with Crippen LogP contribution in [0, 0.1) is 0 Å². The van der Waals surface area contributed by atoms with Gasteiger partial charge in [-0.1, -0.05) is 12.1 Å². The summed E-state index contributed by atoms with van der Waals surface area (Å²) in [5.41, 5.74) is 0.693. The van der Waals surface area contributed by atoms with Crippen LogP contribution in [-0.4, -0.2) is 23.9 Å². The number of ether oxygens (including phenoxy) is 1. The normalized spacial score (nSPS) is 12.6. The van der Waals surface area contributed by atoms with Gasteiger partial charge in [-0.25, -0.2) is 0 Å². The monoisotopic (exact) mass is 168 g/mol. The molecule has 0 aliphatic heterocycles. The maximum Gasteiger partial charge on any atom is 0.118 e. The summed E-state index contributed by atoms with van der Waals surface area (Å²) in [6, 6.07) is 6.93. The number of hydrogen-bond donors (Lipinski definition) is 2.